The van der Waals surface area contributed by atoms with Crippen LogP contribution in [0.4, 0.5) is 5.69 Å². The molecule has 0 bridgehead atoms. The number of carbonyl (C=O) groups is 3. The maximum absolute atomic E-state index is 13.0. The molecule has 0 saturated heterocycles. The maximum atomic E-state index is 13.0. The van der Waals surface area contributed by atoms with E-state index >= 15 is 0 Å². The standard InChI is InChI=1S/C24H24ClN7O4S/c1-15(37-13-19(26)24(35)36)30-23(34)22(16-6-4-3-5-7-16)31-21(33)11-8-17-12-18(25)9-10-20(17)32(27)14-29-28-2/h3-14,22H,1-2,26-27H2,(H,30,34)(H,31,33)(H,35,36)/b11-8+,19-13-,29-14-. The quantitative estimate of drug-likeness (QED) is 0.0895. The number of amides is 2. The summed E-state index contributed by atoms with van der Waals surface area (Å²) in [7, 11) is 0. The molecule has 2 amide bonds. The van der Waals surface area contributed by atoms with Gasteiger partial charge in [0.2, 0.25) is 5.91 Å². The molecule has 0 spiro atoms. The molecule has 2 rings (SSSR count). The van der Waals surface area contributed by atoms with Crippen molar-refractivity contribution in [2.45, 2.75) is 6.04 Å². The van der Waals surface area contributed by atoms with Gasteiger partial charge in [-0.05, 0) is 29.8 Å². The SMILES string of the molecule is C=N/N=C\N(N)c1ccc(Cl)cc1/C=C/C(=O)NC(C(=O)NC(=C)S/C=C(\N)C(=O)O)c1ccccc1. The van der Waals surface area contributed by atoms with Crippen LogP contribution in [0.2, 0.25) is 5.02 Å². The van der Waals surface area contributed by atoms with Gasteiger partial charge in [-0.25, -0.2) is 10.6 Å². The van der Waals surface area contributed by atoms with Gasteiger partial charge in [-0.15, -0.1) is 5.10 Å². The highest BCUT2D eigenvalue weighted by Gasteiger charge is 2.22. The zero-order valence-electron chi connectivity index (χ0n) is 19.4. The molecule has 11 nitrogen and oxygen atoms in total. The van der Waals surface area contributed by atoms with Crippen molar-refractivity contribution < 1.29 is 19.5 Å². The third kappa shape index (κ3) is 9.29. The Morgan fingerprint density at radius 3 is 2.54 bits per heavy atom. The summed E-state index contributed by atoms with van der Waals surface area (Å²) < 4.78 is 0. The van der Waals surface area contributed by atoms with Gasteiger partial charge in [0.1, 0.15) is 18.1 Å². The van der Waals surface area contributed by atoms with Crippen LogP contribution in [0.1, 0.15) is 17.2 Å². The zero-order valence-corrected chi connectivity index (χ0v) is 20.9. The molecule has 13 heteroatoms. The monoisotopic (exact) mass is 541 g/mol. The lowest BCUT2D eigenvalue weighted by molar-refractivity contribution is -0.132. The molecule has 1 atom stereocenters. The van der Waals surface area contributed by atoms with Crippen LogP contribution in [0.25, 0.3) is 6.08 Å². The minimum absolute atomic E-state index is 0.113. The Kier molecular flexibility index (Phi) is 11.1. The van der Waals surface area contributed by atoms with Gasteiger partial charge in [0, 0.05) is 28.8 Å². The van der Waals surface area contributed by atoms with E-state index in [1.165, 1.54) is 23.5 Å². The lowest BCUT2D eigenvalue weighted by Crippen LogP contribution is -2.39. The van der Waals surface area contributed by atoms with Crippen LogP contribution in [0.15, 0.2) is 87.5 Å². The van der Waals surface area contributed by atoms with Crippen LogP contribution in [0, 0.1) is 0 Å². The Morgan fingerprint density at radius 1 is 1.19 bits per heavy atom. The minimum Gasteiger partial charge on any atom is -0.477 e. The zero-order chi connectivity index (χ0) is 27.4. The molecule has 0 aliphatic heterocycles. The number of nitrogens with two attached hydrogens (primary N) is 2. The molecule has 7 N–H and O–H groups in total. The predicted octanol–water partition coefficient (Wildman–Crippen LogP) is 2.74. The van der Waals surface area contributed by atoms with Crippen molar-refractivity contribution in [2.75, 3.05) is 5.01 Å². The van der Waals surface area contributed by atoms with Gasteiger partial charge in [-0.1, -0.05) is 60.3 Å². The Morgan fingerprint density at radius 2 is 1.89 bits per heavy atom. The van der Waals surface area contributed by atoms with Crippen LogP contribution in [-0.4, -0.2) is 35.9 Å². The molecule has 37 heavy (non-hydrogen) atoms. The van der Waals surface area contributed by atoms with Gasteiger partial charge >= 0.3 is 5.97 Å². The van der Waals surface area contributed by atoms with E-state index in [4.69, 9.17) is 28.3 Å². The molecule has 0 heterocycles. The van der Waals surface area contributed by atoms with Crippen molar-refractivity contribution >= 4 is 66.0 Å². The normalized spacial score (nSPS) is 12.2. The number of hydrogen-bond acceptors (Lipinski definition) is 8. The average Bonchev–Trinajstić information content (AvgIpc) is 2.88. The number of carboxylic acids is 1. The number of hydrazine groups is 1. The maximum Gasteiger partial charge on any atom is 0.352 e. The molecule has 0 aromatic heterocycles. The fourth-order valence-electron chi connectivity index (χ4n) is 2.77. The number of aliphatic carboxylic acids is 1. The van der Waals surface area contributed by atoms with Crippen LogP contribution < -0.4 is 27.2 Å². The van der Waals surface area contributed by atoms with Crippen molar-refractivity contribution in [3.8, 4) is 0 Å². The van der Waals surface area contributed by atoms with Crippen LogP contribution in [0.5, 0.6) is 0 Å². The molecule has 0 fully saturated rings. The summed E-state index contributed by atoms with van der Waals surface area (Å²) in [6.45, 7) is 6.92. The minimum atomic E-state index is -1.31. The Balaban J connectivity index is 2.22. The number of carbonyl (C=O) groups excluding carboxylic acids is 2. The Hall–Kier alpha value is -4.39. The second-order valence-corrected chi connectivity index (χ2v) is 8.48. The highest BCUT2D eigenvalue weighted by molar-refractivity contribution is 8.05. The van der Waals surface area contributed by atoms with Gasteiger partial charge in [0.05, 0.1) is 10.7 Å². The van der Waals surface area contributed by atoms with Gasteiger partial charge < -0.3 is 21.5 Å². The number of anilines is 1. The number of nitrogens with one attached hydrogen (secondary N) is 2. The molecular weight excluding hydrogens is 518 g/mol. The summed E-state index contributed by atoms with van der Waals surface area (Å²) in [6.07, 6.45) is 3.92. The average molecular weight is 542 g/mol. The summed E-state index contributed by atoms with van der Waals surface area (Å²) in [6, 6.07) is 12.3. The molecule has 2 aromatic carbocycles. The van der Waals surface area contributed by atoms with Crippen LogP contribution in [-0.2, 0) is 14.4 Å². The van der Waals surface area contributed by atoms with Gasteiger partial charge in [-0.3, -0.25) is 14.6 Å². The molecular formula is C24H24ClN7O4S. The number of carboxylic acid groups (broad SMARTS) is 1. The Bertz CT molecular complexity index is 1260. The van der Waals surface area contributed by atoms with Gasteiger partial charge in [0.15, 0.2) is 0 Å². The molecule has 0 saturated carbocycles. The van der Waals surface area contributed by atoms with Crippen molar-refractivity contribution in [3.05, 3.63) is 93.5 Å². The Labute approximate surface area is 222 Å². The second kappa shape index (κ2) is 14.2. The number of thioether (sulfide) groups is 1. The summed E-state index contributed by atoms with van der Waals surface area (Å²) in [5.41, 5.74) is 6.40. The first-order chi connectivity index (χ1) is 17.6. The van der Waals surface area contributed by atoms with Crippen molar-refractivity contribution in [3.63, 3.8) is 0 Å². The molecule has 1 unspecified atom stereocenters. The van der Waals surface area contributed by atoms with E-state index in [-0.39, 0.29) is 5.03 Å². The van der Waals surface area contributed by atoms with Crippen LogP contribution >= 0.6 is 23.4 Å². The highest BCUT2D eigenvalue weighted by atomic mass is 35.5. The summed E-state index contributed by atoms with van der Waals surface area (Å²) in [5, 5.41) is 23.8. The number of nitrogens with zero attached hydrogens (tertiary/aromatic N) is 3. The number of rotatable bonds is 12. The third-order valence-corrected chi connectivity index (χ3v) is 5.45. The lowest BCUT2D eigenvalue weighted by Gasteiger charge is -2.19. The molecule has 192 valence electrons. The summed E-state index contributed by atoms with van der Waals surface area (Å²) in [5.74, 6) is 3.46. The molecule has 0 aliphatic carbocycles. The largest absolute Gasteiger partial charge is 0.477 e. The van der Waals surface area contributed by atoms with Crippen molar-refractivity contribution in [2.24, 2.45) is 21.8 Å². The van der Waals surface area contributed by atoms with E-state index in [0.29, 0.717) is 21.8 Å². The van der Waals surface area contributed by atoms with E-state index in [1.54, 1.807) is 48.5 Å². The summed E-state index contributed by atoms with van der Waals surface area (Å²) in [4.78, 5) is 36.6. The van der Waals surface area contributed by atoms with E-state index in [1.807, 2.05) is 0 Å². The van der Waals surface area contributed by atoms with Gasteiger partial charge in [-0.2, -0.15) is 5.10 Å². The third-order valence-electron chi connectivity index (χ3n) is 4.46. The molecule has 2 aromatic rings. The van der Waals surface area contributed by atoms with E-state index in [0.717, 1.165) is 17.2 Å². The van der Waals surface area contributed by atoms with Crippen LogP contribution in [0.3, 0.4) is 0 Å². The smallest absolute Gasteiger partial charge is 0.352 e. The number of hydrogen-bond donors (Lipinski definition) is 5. The highest BCUT2D eigenvalue weighted by Crippen LogP contribution is 2.24. The fourth-order valence-corrected chi connectivity index (χ4v) is 3.48. The number of halogens is 1. The first-order valence-electron chi connectivity index (χ1n) is 10.3. The first kappa shape index (κ1) is 28.8. The van der Waals surface area contributed by atoms with Gasteiger partial charge in [0.25, 0.3) is 5.91 Å². The van der Waals surface area contributed by atoms with Crippen molar-refractivity contribution in [1.82, 2.24) is 10.6 Å². The van der Waals surface area contributed by atoms with Crippen molar-refractivity contribution in [1.29, 1.82) is 0 Å². The number of benzene rings is 2. The van der Waals surface area contributed by atoms with E-state index < -0.39 is 29.5 Å². The molecule has 0 aliphatic rings. The lowest BCUT2D eigenvalue weighted by atomic mass is 10.1. The fraction of sp³-hybridized carbons (Fsp3) is 0.0417. The topological polar surface area (TPSA) is 176 Å². The predicted molar refractivity (Wildman–Crippen MR) is 147 cm³/mol. The van der Waals surface area contributed by atoms with E-state index in [2.05, 4.69) is 34.1 Å². The molecule has 0 radical (unpaired) electrons. The first-order valence-corrected chi connectivity index (χ1v) is 11.6. The summed E-state index contributed by atoms with van der Waals surface area (Å²) >= 11 is 6.91. The second-order valence-electron chi connectivity index (χ2n) is 7.08. The van der Waals surface area contributed by atoms with E-state index in [9.17, 15) is 14.4 Å².